The molecule has 0 unspecified atom stereocenters. The minimum Gasteiger partial charge on any atom is -0.335 e. The maximum absolute atomic E-state index is 13.2. The Morgan fingerprint density at radius 3 is 2.08 bits per heavy atom. The van der Waals surface area contributed by atoms with Gasteiger partial charge >= 0.3 is 6.18 Å². The van der Waals surface area contributed by atoms with E-state index < -0.39 is 11.7 Å². The van der Waals surface area contributed by atoms with Gasteiger partial charge in [0.05, 0.1) is 23.0 Å². The molecule has 184 valence electrons. The standard InChI is InChI=1S/C26H22F3N5O2/c1-17-22(16-31-34(17)23-10-9-19(15-30-23)26(27,28)29)25(36)33-13-11-32(12-14-33)24(35)21-8-4-6-18-5-2-3-7-20(18)21/h2-10,15-16H,11-14H2,1H3. The molecule has 0 atom stereocenters. The molecule has 10 heteroatoms. The summed E-state index contributed by atoms with van der Waals surface area (Å²) < 4.78 is 39.8. The molecule has 2 aromatic carbocycles. The van der Waals surface area contributed by atoms with Gasteiger partial charge in [-0.3, -0.25) is 9.59 Å². The zero-order chi connectivity index (χ0) is 25.4. The van der Waals surface area contributed by atoms with E-state index >= 15 is 0 Å². The van der Waals surface area contributed by atoms with Gasteiger partial charge in [-0.1, -0.05) is 36.4 Å². The third-order valence-electron chi connectivity index (χ3n) is 6.41. The Morgan fingerprint density at radius 2 is 1.44 bits per heavy atom. The highest BCUT2D eigenvalue weighted by atomic mass is 19.4. The Balaban J connectivity index is 1.28. The molecule has 0 bridgehead atoms. The molecule has 2 amide bonds. The van der Waals surface area contributed by atoms with Gasteiger partial charge in [0.25, 0.3) is 11.8 Å². The first-order valence-electron chi connectivity index (χ1n) is 11.4. The first-order valence-corrected chi connectivity index (χ1v) is 11.4. The molecule has 4 aromatic rings. The number of hydrogen-bond donors (Lipinski definition) is 0. The lowest BCUT2D eigenvalue weighted by Crippen LogP contribution is -2.50. The molecular weight excluding hydrogens is 471 g/mol. The lowest BCUT2D eigenvalue weighted by molar-refractivity contribution is -0.137. The van der Waals surface area contributed by atoms with Crippen LogP contribution in [0.2, 0.25) is 0 Å². The average Bonchev–Trinajstić information content (AvgIpc) is 3.28. The number of halogens is 3. The molecule has 0 N–H and O–H groups in total. The van der Waals surface area contributed by atoms with Gasteiger partial charge in [-0.05, 0) is 35.9 Å². The number of hydrogen-bond acceptors (Lipinski definition) is 4. The summed E-state index contributed by atoms with van der Waals surface area (Å²) in [6.45, 7) is 3.17. The molecule has 5 rings (SSSR count). The Labute approximate surface area is 204 Å². The number of rotatable bonds is 3. The quantitative estimate of drug-likeness (QED) is 0.426. The van der Waals surface area contributed by atoms with Crippen molar-refractivity contribution in [2.75, 3.05) is 26.2 Å². The normalized spacial score (nSPS) is 14.3. The summed E-state index contributed by atoms with van der Waals surface area (Å²) in [5, 5.41) is 6.05. The van der Waals surface area contributed by atoms with Crippen molar-refractivity contribution in [2.24, 2.45) is 0 Å². The highest BCUT2D eigenvalue weighted by Gasteiger charge is 2.31. The number of carbonyl (C=O) groups excluding carboxylic acids is 2. The molecule has 7 nitrogen and oxygen atoms in total. The first-order chi connectivity index (χ1) is 17.2. The number of amides is 2. The topological polar surface area (TPSA) is 71.3 Å². The van der Waals surface area contributed by atoms with Gasteiger partial charge in [0.15, 0.2) is 5.82 Å². The van der Waals surface area contributed by atoms with Crippen LogP contribution >= 0.6 is 0 Å². The molecule has 1 aliphatic heterocycles. The van der Waals surface area contributed by atoms with E-state index in [-0.39, 0.29) is 17.6 Å². The molecule has 3 heterocycles. The number of nitrogens with zero attached hydrogens (tertiary/aromatic N) is 5. The number of alkyl halides is 3. The molecule has 0 saturated carbocycles. The number of piperazine rings is 1. The lowest BCUT2D eigenvalue weighted by Gasteiger charge is -2.35. The second-order valence-corrected chi connectivity index (χ2v) is 8.57. The fraction of sp³-hybridized carbons (Fsp3) is 0.231. The summed E-state index contributed by atoms with van der Waals surface area (Å²) in [4.78, 5) is 33.6. The van der Waals surface area contributed by atoms with Crippen LogP contribution in [0.1, 0.15) is 32.0 Å². The molecule has 0 aliphatic carbocycles. The van der Waals surface area contributed by atoms with Crippen LogP contribution in [-0.4, -0.2) is 62.6 Å². The minimum absolute atomic E-state index is 0.0729. The Kier molecular flexibility index (Phi) is 5.95. The van der Waals surface area contributed by atoms with Crippen molar-refractivity contribution >= 4 is 22.6 Å². The molecular formula is C26H22F3N5O2. The van der Waals surface area contributed by atoms with Gasteiger partial charge in [-0.2, -0.15) is 18.3 Å². The average molecular weight is 493 g/mol. The zero-order valence-electron chi connectivity index (χ0n) is 19.4. The summed E-state index contributed by atoms with van der Waals surface area (Å²) >= 11 is 0. The Morgan fingerprint density at radius 1 is 0.806 bits per heavy atom. The summed E-state index contributed by atoms with van der Waals surface area (Å²) in [6, 6.07) is 15.5. The van der Waals surface area contributed by atoms with Crippen molar-refractivity contribution in [3.8, 4) is 5.82 Å². The highest BCUT2D eigenvalue weighted by molar-refractivity contribution is 6.07. The van der Waals surface area contributed by atoms with Crippen LogP contribution in [0.25, 0.3) is 16.6 Å². The van der Waals surface area contributed by atoms with E-state index in [2.05, 4.69) is 10.1 Å². The minimum atomic E-state index is -4.48. The molecule has 2 aromatic heterocycles. The highest BCUT2D eigenvalue weighted by Crippen LogP contribution is 2.29. The van der Waals surface area contributed by atoms with Crippen molar-refractivity contribution in [1.82, 2.24) is 24.6 Å². The largest absolute Gasteiger partial charge is 0.417 e. The molecule has 1 aliphatic rings. The summed E-state index contributed by atoms with van der Waals surface area (Å²) in [6.07, 6.45) is -2.35. The van der Waals surface area contributed by atoms with Crippen molar-refractivity contribution in [3.63, 3.8) is 0 Å². The number of fused-ring (bicyclic) bond motifs is 1. The fourth-order valence-corrected chi connectivity index (χ4v) is 4.39. The van der Waals surface area contributed by atoms with E-state index in [0.717, 1.165) is 23.0 Å². The number of pyridine rings is 1. The molecule has 0 spiro atoms. The molecule has 0 radical (unpaired) electrons. The number of benzene rings is 2. The van der Waals surface area contributed by atoms with Crippen molar-refractivity contribution in [1.29, 1.82) is 0 Å². The Bertz CT molecular complexity index is 1430. The van der Waals surface area contributed by atoms with Crippen LogP contribution in [0.5, 0.6) is 0 Å². The van der Waals surface area contributed by atoms with E-state index in [1.807, 2.05) is 42.5 Å². The number of carbonyl (C=O) groups is 2. The van der Waals surface area contributed by atoms with Gasteiger partial charge < -0.3 is 9.80 Å². The van der Waals surface area contributed by atoms with Gasteiger partial charge in [0, 0.05) is 37.9 Å². The monoisotopic (exact) mass is 493 g/mol. The van der Waals surface area contributed by atoms with Gasteiger partial charge in [0.1, 0.15) is 0 Å². The Hall–Kier alpha value is -4.21. The van der Waals surface area contributed by atoms with Gasteiger partial charge in [0.2, 0.25) is 0 Å². The summed E-state index contributed by atoms with van der Waals surface area (Å²) in [5.41, 5.74) is 0.587. The zero-order valence-corrected chi connectivity index (χ0v) is 19.4. The number of aromatic nitrogens is 3. The second-order valence-electron chi connectivity index (χ2n) is 8.57. The van der Waals surface area contributed by atoms with Gasteiger partial charge in [-0.15, -0.1) is 0 Å². The van der Waals surface area contributed by atoms with Crippen LogP contribution in [0.15, 0.2) is 67.0 Å². The van der Waals surface area contributed by atoms with Crippen molar-refractivity contribution in [2.45, 2.75) is 13.1 Å². The van der Waals surface area contributed by atoms with Crippen LogP contribution in [0.4, 0.5) is 13.2 Å². The van der Waals surface area contributed by atoms with E-state index in [4.69, 9.17) is 0 Å². The van der Waals surface area contributed by atoms with E-state index in [1.165, 1.54) is 16.9 Å². The molecule has 36 heavy (non-hydrogen) atoms. The predicted octanol–water partition coefficient (Wildman–Crippen LogP) is 4.35. The molecule has 1 fully saturated rings. The lowest BCUT2D eigenvalue weighted by atomic mass is 10.0. The fourth-order valence-electron chi connectivity index (χ4n) is 4.39. The van der Waals surface area contributed by atoms with Crippen molar-refractivity contribution < 1.29 is 22.8 Å². The SMILES string of the molecule is Cc1c(C(=O)N2CCN(C(=O)c3cccc4ccccc34)CC2)cnn1-c1ccc(C(F)(F)F)cn1. The summed E-state index contributed by atoms with van der Waals surface area (Å²) in [5.74, 6) is -0.135. The third kappa shape index (κ3) is 4.30. The maximum atomic E-state index is 13.2. The van der Waals surface area contributed by atoms with E-state index in [9.17, 15) is 22.8 Å². The van der Waals surface area contributed by atoms with Crippen molar-refractivity contribution in [3.05, 3.63) is 89.4 Å². The van der Waals surface area contributed by atoms with Crippen LogP contribution in [-0.2, 0) is 6.18 Å². The first kappa shape index (κ1) is 23.5. The predicted molar refractivity (Wildman–Crippen MR) is 127 cm³/mol. The molecule has 1 saturated heterocycles. The van der Waals surface area contributed by atoms with Crippen LogP contribution in [0.3, 0.4) is 0 Å². The summed E-state index contributed by atoms with van der Waals surface area (Å²) in [7, 11) is 0. The van der Waals surface area contributed by atoms with Crippen LogP contribution in [0, 0.1) is 6.92 Å². The van der Waals surface area contributed by atoms with E-state index in [0.29, 0.717) is 43.0 Å². The second kappa shape index (κ2) is 9.10. The van der Waals surface area contributed by atoms with Gasteiger partial charge in [-0.25, -0.2) is 9.67 Å². The smallest absolute Gasteiger partial charge is 0.335 e. The van der Waals surface area contributed by atoms with Crippen LogP contribution < -0.4 is 0 Å². The maximum Gasteiger partial charge on any atom is 0.417 e. The third-order valence-corrected chi connectivity index (χ3v) is 6.41. The van der Waals surface area contributed by atoms with E-state index in [1.54, 1.807) is 16.7 Å².